The Kier molecular flexibility index (Phi) is 2.78. The van der Waals surface area contributed by atoms with Gasteiger partial charge in [0.1, 0.15) is 5.54 Å². The fourth-order valence-corrected chi connectivity index (χ4v) is 3.87. The van der Waals surface area contributed by atoms with Gasteiger partial charge in [0.2, 0.25) is 5.91 Å². The Balaban J connectivity index is 1.71. The van der Waals surface area contributed by atoms with Gasteiger partial charge >= 0.3 is 0 Å². The highest BCUT2D eigenvalue weighted by Crippen LogP contribution is 2.57. The number of nitrogens with one attached hydrogen (secondary N) is 1. The average Bonchev–Trinajstić information content (AvgIpc) is 3.13. The summed E-state index contributed by atoms with van der Waals surface area (Å²) in [5.41, 5.74) is 5.83. The highest BCUT2D eigenvalue weighted by molar-refractivity contribution is 5.89. The van der Waals surface area contributed by atoms with Crippen molar-refractivity contribution < 1.29 is 9.53 Å². The second kappa shape index (κ2) is 3.95. The van der Waals surface area contributed by atoms with Crippen LogP contribution in [-0.2, 0) is 9.53 Å². The molecule has 3 rings (SSSR count). The summed E-state index contributed by atoms with van der Waals surface area (Å²) in [7, 11) is 0. The molecule has 3 fully saturated rings. The monoisotopic (exact) mass is 266 g/mol. The van der Waals surface area contributed by atoms with E-state index < -0.39 is 5.54 Å². The van der Waals surface area contributed by atoms with Gasteiger partial charge in [-0.1, -0.05) is 20.8 Å². The number of rotatable bonds is 3. The Hall–Kier alpha value is -0.610. The molecule has 1 amide bonds. The van der Waals surface area contributed by atoms with Crippen LogP contribution in [0.3, 0.4) is 0 Å². The van der Waals surface area contributed by atoms with E-state index in [1.165, 1.54) is 12.8 Å². The maximum Gasteiger partial charge on any atom is 0.241 e. The van der Waals surface area contributed by atoms with Crippen molar-refractivity contribution in [3.63, 3.8) is 0 Å². The number of hydrogen-bond acceptors (Lipinski definition) is 3. The minimum Gasteiger partial charge on any atom is -0.377 e. The molecule has 2 saturated carbocycles. The molecule has 0 radical (unpaired) electrons. The number of fused-ring (bicyclic) bond motifs is 1. The summed E-state index contributed by atoms with van der Waals surface area (Å²) >= 11 is 0. The van der Waals surface area contributed by atoms with Crippen molar-refractivity contribution in [3.8, 4) is 0 Å². The Bertz CT molecular complexity index is 403. The number of carbonyl (C=O) groups is 1. The number of amides is 1. The van der Waals surface area contributed by atoms with E-state index in [1.54, 1.807) is 0 Å². The van der Waals surface area contributed by atoms with Crippen LogP contribution in [-0.4, -0.2) is 30.7 Å². The summed E-state index contributed by atoms with van der Waals surface area (Å²) in [5, 5.41) is 3.10. The van der Waals surface area contributed by atoms with Gasteiger partial charge < -0.3 is 15.8 Å². The number of ether oxygens (including phenoxy) is 1. The van der Waals surface area contributed by atoms with Gasteiger partial charge in [-0.15, -0.1) is 0 Å². The fourth-order valence-electron chi connectivity index (χ4n) is 3.87. The van der Waals surface area contributed by atoms with Crippen molar-refractivity contribution in [2.75, 3.05) is 13.2 Å². The van der Waals surface area contributed by atoms with Crippen LogP contribution in [0.15, 0.2) is 0 Å². The predicted octanol–water partition coefficient (Wildman–Crippen LogP) is 1.44. The van der Waals surface area contributed by atoms with Gasteiger partial charge in [0.05, 0.1) is 6.10 Å². The standard InChI is InChI=1S/C15H26N2O2/c1-13(2)11-10(5-4-8-19-11)15(13,16)12(18)17-9-14(3)6-7-14/h10-11H,4-9,16H2,1-3H3,(H,17,18). The first-order chi connectivity index (χ1) is 8.81. The first-order valence-corrected chi connectivity index (χ1v) is 7.50. The smallest absolute Gasteiger partial charge is 0.241 e. The summed E-state index contributed by atoms with van der Waals surface area (Å²) in [6.07, 6.45) is 4.59. The van der Waals surface area contributed by atoms with Gasteiger partial charge in [-0.3, -0.25) is 4.79 Å². The summed E-state index contributed by atoms with van der Waals surface area (Å²) < 4.78 is 5.84. The lowest BCUT2D eigenvalue weighted by Gasteiger charge is -2.65. The molecular weight excluding hydrogens is 240 g/mol. The van der Waals surface area contributed by atoms with Crippen LogP contribution in [0.2, 0.25) is 0 Å². The second-order valence-corrected chi connectivity index (χ2v) is 7.62. The topological polar surface area (TPSA) is 64.4 Å². The molecule has 108 valence electrons. The van der Waals surface area contributed by atoms with Crippen molar-refractivity contribution >= 4 is 5.91 Å². The van der Waals surface area contributed by atoms with Gasteiger partial charge in [-0.05, 0) is 31.1 Å². The minimum atomic E-state index is -0.761. The molecule has 1 saturated heterocycles. The van der Waals surface area contributed by atoms with Crippen molar-refractivity contribution in [3.05, 3.63) is 0 Å². The SMILES string of the molecule is CC1(CNC(=O)C2(N)C3CCCOC3C2(C)C)CC1. The number of carbonyl (C=O) groups excluding carboxylic acids is 1. The zero-order valence-electron chi connectivity index (χ0n) is 12.3. The van der Waals surface area contributed by atoms with E-state index >= 15 is 0 Å². The zero-order chi connectivity index (χ0) is 13.9. The van der Waals surface area contributed by atoms with Crippen molar-refractivity contribution in [2.24, 2.45) is 22.5 Å². The highest BCUT2D eigenvalue weighted by atomic mass is 16.5. The molecule has 3 aliphatic rings. The lowest BCUT2D eigenvalue weighted by molar-refractivity contribution is -0.225. The molecule has 19 heavy (non-hydrogen) atoms. The van der Waals surface area contributed by atoms with E-state index in [2.05, 4.69) is 26.1 Å². The van der Waals surface area contributed by atoms with E-state index in [4.69, 9.17) is 10.5 Å². The molecule has 0 spiro atoms. The van der Waals surface area contributed by atoms with Crippen molar-refractivity contribution in [1.82, 2.24) is 5.32 Å². The maximum absolute atomic E-state index is 12.6. The summed E-state index contributed by atoms with van der Waals surface area (Å²) in [4.78, 5) is 12.6. The van der Waals surface area contributed by atoms with Crippen molar-refractivity contribution in [2.45, 2.75) is 58.1 Å². The third-order valence-electron chi connectivity index (χ3n) is 5.84. The first kappa shape index (κ1) is 13.4. The molecule has 2 aliphatic carbocycles. The molecule has 0 aromatic heterocycles. The molecule has 3 N–H and O–H groups in total. The first-order valence-electron chi connectivity index (χ1n) is 7.50. The molecule has 1 aliphatic heterocycles. The Labute approximate surface area is 115 Å². The van der Waals surface area contributed by atoms with E-state index in [1.807, 2.05) is 0 Å². The summed E-state index contributed by atoms with van der Waals surface area (Å²) in [6, 6.07) is 0. The molecule has 0 bridgehead atoms. The lowest BCUT2D eigenvalue weighted by Crippen LogP contribution is -2.82. The molecule has 1 heterocycles. The molecule has 3 unspecified atom stereocenters. The summed E-state index contributed by atoms with van der Waals surface area (Å²) in [6.45, 7) is 7.92. The maximum atomic E-state index is 12.6. The van der Waals surface area contributed by atoms with Crippen molar-refractivity contribution in [1.29, 1.82) is 0 Å². The third-order valence-corrected chi connectivity index (χ3v) is 5.84. The molecule has 4 nitrogen and oxygen atoms in total. The normalized spacial score (nSPS) is 41.9. The van der Waals surface area contributed by atoms with Crippen LogP contribution < -0.4 is 11.1 Å². The zero-order valence-corrected chi connectivity index (χ0v) is 12.3. The Morgan fingerprint density at radius 2 is 2.05 bits per heavy atom. The van der Waals surface area contributed by atoms with E-state index in [-0.39, 0.29) is 23.3 Å². The van der Waals surface area contributed by atoms with Gasteiger partial charge in [0, 0.05) is 24.5 Å². The predicted molar refractivity (Wildman–Crippen MR) is 73.5 cm³/mol. The van der Waals surface area contributed by atoms with Gasteiger partial charge in [-0.2, -0.15) is 0 Å². The Morgan fingerprint density at radius 3 is 2.68 bits per heavy atom. The molecule has 4 heteroatoms. The number of nitrogens with two attached hydrogens (primary N) is 1. The van der Waals surface area contributed by atoms with Crippen LogP contribution in [0.1, 0.15) is 46.5 Å². The Morgan fingerprint density at radius 1 is 1.37 bits per heavy atom. The molecule has 0 aromatic carbocycles. The second-order valence-electron chi connectivity index (χ2n) is 7.62. The van der Waals surface area contributed by atoms with Crippen LogP contribution in [0.25, 0.3) is 0 Å². The van der Waals surface area contributed by atoms with Crippen LogP contribution in [0.4, 0.5) is 0 Å². The largest absolute Gasteiger partial charge is 0.377 e. The van der Waals surface area contributed by atoms with Gasteiger partial charge in [0.25, 0.3) is 0 Å². The van der Waals surface area contributed by atoms with Gasteiger partial charge in [-0.25, -0.2) is 0 Å². The third kappa shape index (κ3) is 1.76. The molecular formula is C15H26N2O2. The van der Waals surface area contributed by atoms with E-state index in [0.717, 1.165) is 26.0 Å². The van der Waals surface area contributed by atoms with E-state index in [9.17, 15) is 4.79 Å². The van der Waals surface area contributed by atoms with Crippen LogP contribution in [0, 0.1) is 16.7 Å². The van der Waals surface area contributed by atoms with Crippen LogP contribution >= 0.6 is 0 Å². The minimum absolute atomic E-state index is 0.0253. The summed E-state index contributed by atoms with van der Waals surface area (Å²) in [5.74, 6) is 0.209. The van der Waals surface area contributed by atoms with Crippen LogP contribution in [0.5, 0.6) is 0 Å². The molecule has 3 atom stereocenters. The van der Waals surface area contributed by atoms with Gasteiger partial charge in [0.15, 0.2) is 0 Å². The fraction of sp³-hybridized carbons (Fsp3) is 0.933. The highest BCUT2D eigenvalue weighted by Gasteiger charge is 2.70. The lowest BCUT2D eigenvalue weighted by atomic mass is 9.46. The molecule has 0 aromatic rings. The van der Waals surface area contributed by atoms with E-state index in [0.29, 0.717) is 5.41 Å². The quantitative estimate of drug-likeness (QED) is 0.812. The number of hydrogen-bond donors (Lipinski definition) is 2. The average molecular weight is 266 g/mol.